The quantitative estimate of drug-likeness (QED) is 0.233. The maximum atomic E-state index is 12.8. The molecule has 3 rings (SSSR count). The molecule has 0 radical (unpaired) electrons. The molecular formula is C25H26N4O5. The zero-order valence-corrected chi connectivity index (χ0v) is 18.9. The molecule has 0 saturated heterocycles. The number of ether oxygens (including phenoxy) is 1. The van der Waals surface area contributed by atoms with E-state index in [4.69, 9.17) is 4.74 Å². The molecule has 0 aromatic heterocycles. The molecule has 0 aliphatic heterocycles. The number of hydrogen-bond acceptors (Lipinski definition) is 6. The van der Waals surface area contributed by atoms with E-state index >= 15 is 0 Å². The van der Waals surface area contributed by atoms with Crippen LogP contribution in [0.4, 0.5) is 17.1 Å². The third kappa shape index (κ3) is 6.39. The first kappa shape index (κ1) is 24.4. The van der Waals surface area contributed by atoms with Gasteiger partial charge < -0.3 is 20.7 Å². The Kier molecular flexibility index (Phi) is 8.31. The number of carbonyl (C=O) groups excluding carboxylic acids is 2. The van der Waals surface area contributed by atoms with Crippen molar-refractivity contribution in [1.29, 1.82) is 0 Å². The average Bonchev–Trinajstić information content (AvgIpc) is 2.84. The Morgan fingerprint density at radius 2 is 1.74 bits per heavy atom. The predicted octanol–water partition coefficient (Wildman–Crippen LogP) is 4.40. The summed E-state index contributed by atoms with van der Waals surface area (Å²) in [6.07, 6.45) is 0. The molecule has 3 N–H and O–H groups in total. The van der Waals surface area contributed by atoms with Crippen LogP contribution in [0.2, 0.25) is 0 Å². The molecule has 9 heteroatoms. The Labute approximate surface area is 197 Å². The highest BCUT2D eigenvalue weighted by atomic mass is 16.6. The minimum Gasteiger partial charge on any atom is -0.383 e. The molecule has 3 aromatic carbocycles. The van der Waals surface area contributed by atoms with Gasteiger partial charge in [0.05, 0.1) is 17.6 Å². The van der Waals surface area contributed by atoms with Gasteiger partial charge in [-0.25, -0.2) is 0 Å². The molecule has 176 valence electrons. The van der Waals surface area contributed by atoms with Crippen LogP contribution in [0, 0.1) is 10.1 Å². The number of rotatable bonds is 10. The SMILES string of the molecule is COCCNc1ccc(C(=O)NC(C)c2cccc(NC(=O)c3ccccc3)c2)cc1[N+](=O)[O-]. The largest absolute Gasteiger partial charge is 0.383 e. The van der Waals surface area contributed by atoms with Gasteiger partial charge in [-0.15, -0.1) is 0 Å². The van der Waals surface area contributed by atoms with Crippen LogP contribution in [0.1, 0.15) is 39.2 Å². The van der Waals surface area contributed by atoms with E-state index in [0.717, 1.165) is 5.56 Å². The highest BCUT2D eigenvalue weighted by Crippen LogP contribution is 2.26. The lowest BCUT2D eigenvalue weighted by molar-refractivity contribution is -0.384. The van der Waals surface area contributed by atoms with Gasteiger partial charge in [0, 0.05) is 36.5 Å². The molecule has 0 heterocycles. The van der Waals surface area contributed by atoms with Gasteiger partial charge in [0.25, 0.3) is 17.5 Å². The molecular weight excluding hydrogens is 436 g/mol. The van der Waals surface area contributed by atoms with Gasteiger partial charge in [-0.3, -0.25) is 19.7 Å². The summed E-state index contributed by atoms with van der Waals surface area (Å²) >= 11 is 0. The van der Waals surface area contributed by atoms with Gasteiger partial charge in [0.15, 0.2) is 0 Å². The van der Waals surface area contributed by atoms with E-state index in [1.165, 1.54) is 25.3 Å². The number of anilines is 2. The van der Waals surface area contributed by atoms with E-state index in [-0.39, 0.29) is 17.2 Å². The van der Waals surface area contributed by atoms with Gasteiger partial charge in [0.1, 0.15) is 5.69 Å². The molecule has 1 atom stereocenters. The number of benzene rings is 3. The lowest BCUT2D eigenvalue weighted by Gasteiger charge is -2.16. The summed E-state index contributed by atoms with van der Waals surface area (Å²) in [7, 11) is 1.54. The number of nitrogens with one attached hydrogen (secondary N) is 3. The van der Waals surface area contributed by atoms with E-state index in [1.807, 2.05) is 12.1 Å². The Morgan fingerprint density at radius 3 is 2.44 bits per heavy atom. The lowest BCUT2D eigenvalue weighted by Crippen LogP contribution is -2.27. The van der Waals surface area contributed by atoms with Crippen molar-refractivity contribution in [3.8, 4) is 0 Å². The standard InChI is InChI=1S/C25H26N4O5/c1-17(19-9-6-10-21(15-19)28-24(30)18-7-4-3-5-8-18)27-25(31)20-11-12-22(26-13-14-34-2)23(16-20)29(32)33/h3-12,15-17,26H,13-14H2,1-2H3,(H,27,31)(H,28,30). The number of nitrogens with zero attached hydrogens (tertiary/aromatic N) is 1. The molecule has 0 saturated carbocycles. The van der Waals surface area contributed by atoms with Crippen molar-refractivity contribution < 1.29 is 19.2 Å². The van der Waals surface area contributed by atoms with E-state index in [2.05, 4.69) is 16.0 Å². The minimum absolute atomic E-state index is 0.171. The zero-order valence-electron chi connectivity index (χ0n) is 18.9. The number of hydrogen-bond donors (Lipinski definition) is 3. The summed E-state index contributed by atoms with van der Waals surface area (Å²) in [6.45, 7) is 2.59. The smallest absolute Gasteiger partial charge is 0.293 e. The van der Waals surface area contributed by atoms with Crippen LogP contribution < -0.4 is 16.0 Å². The number of methoxy groups -OCH3 is 1. The third-order valence-electron chi connectivity index (χ3n) is 5.11. The zero-order chi connectivity index (χ0) is 24.5. The normalized spacial score (nSPS) is 11.4. The first-order valence-electron chi connectivity index (χ1n) is 10.7. The van der Waals surface area contributed by atoms with Crippen molar-refractivity contribution in [2.75, 3.05) is 30.9 Å². The van der Waals surface area contributed by atoms with Crippen molar-refractivity contribution >= 4 is 28.9 Å². The molecule has 0 fully saturated rings. The Hall–Kier alpha value is -4.24. The van der Waals surface area contributed by atoms with Gasteiger partial charge in [-0.2, -0.15) is 0 Å². The molecule has 34 heavy (non-hydrogen) atoms. The third-order valence-corrected chi connectivity index (χ3v) is 5.11. The second kappa shape index (κ2) is 11.6. The van der Waals surface area contributed by atoms with Crippen LogP contribution in [-0.2, 0) is 4.74 Å². The van der Waals surface area contributed by atoms with Crippen LogP contribution in [0.15, 0.2) is 72.8 Å². The average molecular weight is 463 g/mol. The maximum Gasteiger partial charge on any atom is 0.293 e. The van der Waals surface area contributed by atoms with Crippen LogP contribution in [-0.4, -0.2) is 37.0 Å². The monoisotopic (exact) mass is 462 g/mol. The Morgan fingerprint density at radius 1 is 0.971 bits per heavy atom. The summed E-state index contributed by atoms with van der Waals surface area (Å²) < 4.78 is 4.94. The van der Waals surface area contributed by atoms with E-state index in [1.54, 1.807) is 49.4 Å². The van der Waals surface area contributed by atoms with Gasteiger partial charge >= 0.3 is 0 Å². The van der Waals surface area contributed by atoms with Crippen LogP contribution in [0.5, 0.6) is 0 Å². The first-order valence-corrected chi connectivity index (χ1v) is 10.7. The van der Waals surface area contributed by atoms with Crippen molar-refractivity contribution in [3.05, 3.63) is 99.6 Å². The predicted molar refractivity (Wildman–Crippen MR) is 130 cm³/mol. The van der Waals surface area contributed by atoms with Crippen LogP contribution >= 0.6 is 0 Å². The summed E-state index contributed by atoms with van der Waals surface area (Å²) in [5.74, 6) is -0.682. The molecule has 0 spiro atoms. The molecule has 0 bridgehead atoms. The minimum atomic E-state index is -0.533. The molecule has 0 aliphatic carbocycles. The Bertz CT molecular complexity index is 1170. The van der Waals surface area contributed by atoms with E-state index < -0.39 is 16.9 Å². The van der Waals surface area contributed by atoms with Gasteiger partial charge in [0.2, 0.25) is 0 Å². The summed E-state index contributed by atoms with van der Waals surface area (Å²) in [4.78, 5) is 36.1. The Balaban J connectivity index is 1.69. The van der Waals surface area contributed by atoms with E-state index in [9.17, 15) is 19.7 Å². The molecule has 0 aliphatic rings. The molecule has 9 nitrogen and oxygen atoms in total. The van der Waals surface area contributed by atoms with E-state index in [0.29, 0.717) is 30.1 Å². The lowest BCUT2D eigenvalue weighted by atomic mass is 10.1. The molecule has 3 aromatic rings. The second-order valence-electron chi connectivity index (χ2n) is 7.55. The maximum absolute atomic E-state index is 12.8. The van der Waals surface area contributed by atoms with Crippen molar-refractivity contribution in [2.45, 2.75) is 13.0 Å². The van der Waals surface area contributed by atoms with Gasteiger partial charge in [-0.05, 0) is 48.9 Å². The van der Waals surface area contributed by atoms with Gasteiger partial charge in [-0.1, -0.05) is 30.3 Å². The molecule has 2 amide bonds. The summed E-state index contributed by atoms with van der Waals surface area (Å²) in [6, 6.07) is 19.9. The fourth-order valence-electron chi connectivity index (χ4n) is 3.30. The fourth-order valence-corrected chi connectivity index (χ4v) is 3.30. The summed E-state index contributed by atoms with van der Waals surface area (Å²) in [5, 5.41) is 20.1. The van der Waals surface area contributed by atoms with Crippen molar-refractivity contribution in [1.82, 2.24) is 5.32 Å². The van der Waals surface area contributed by atoms with Crippen LogP contribution in [0.25, 0.3) is 0 Å². The number of nitro benzene ring substituents is 1. The summed E-state index contributed by atoms with van der Waals surface area (Å²) in [5.41, 5.74) is 2.19. The highest BCUT2D eigenvalue weighted by molar-refractivity contribution is 6.04. The number of nitro groups is 1. The van der Waals surface area contributed by atoms with Crippen LogP contribution in [0.3, 0.4) is 0 Å². The fraction of sp³-hybridized carbons (Fsp3) is 0.200. The topological polar surface area (TPSA) is 123 Å². The van der Waals surface area contributed by atoms with Crippen molar-refractivity contribution in [2.24, 2.45) is 0 Å². The van der Waals surface area contributed by atoms with Crippen molar-refractivity contribution in [3.63, 3.8) is 0 Å². The first-order chi connectivity index (χ1) is 16.4. The number of carbonyl (C=O) groups is 2. The second-order valence-corrected chi connectivity index (χ2v) is 7.55. The number of amides is 2. The highest BCUT2D eigenvalue weighted by Gasteiger charge is 2.19. The molecule has 1 unspecified atom stereocenters.